The van der Waals surface area contributed by atoms with Gasteiger partial charge in [-0.3, -0.25) is 9.97 Å². The molecule has 0 aliphatic rings. The molecule has 7 aromatic heterocycles. The summed E-state index contributed by atoms with van der Waals surface area (Å²) in [7, 11) is 0. The third kappa shape index (κ3) is 16.8. The average Bonchev–Trinajstić information content (AvgIpc) is 1.58. The Labute approximate surface area is 754 Å². The van der Waals surface area contributed by atoms with Crippen molar-refractivity contribution in [1.29, 1.82) is 0 Å². The summed E-state index contributed by atoms with van der Waals surface area (Å²) in [5.74, 6) is 17.7. The molecule has 0 saturated carbocycles. The summed E-state index contributed by atoms with van der Waals surface area (Å²) in [5.41, 5.74) is 21.0. The van der Waals surface area contributed by atoms with Gasteiger partial charge in [-0.05, 0) is 79.7 Å². The summed E-state index contributed by atoms with van der Waals surface area (Å²) in [6.45, 7) is 9.14. The van der Waals surface area contributed by atoms with Crippen molar-refractivity contribution in [2.45, 2.75) is 75.1 Å². The predicted octanol–water partition coefficient (Wildman–Crippen LogP) is 28.9. The van der Waals surface area contributed by atoms with Gasteiger partial charge < -0.3 is 18.0 Å². The molecule has 0 aliphatic carbocycles. The largest absolute Gasteiger partial charge is 0.500 e. The van der Waals surface area contributed by atoms with Crippen LogP contribution in [0.1, 0.15) is 38.8 Å². The van der Waals surface area contributed by atoms with Crippen molar-refractivity contribution in [3.63, 3.8) is 0 Å². The van der Waals surface area contributed by atoms with E-state index in [9.17, 15) is 0 Å². The fourth-order valence-corrected chi connectivity index (χ4v) is 25.0. The summed E-state index contributed by atoms with van der Waals surface area (Å²) in [6.07, 6.45) is 6.54. The Morgan fingerprint density at radius 1 is 0.374 bits per heavy atom. The van der Waals surface area contributed by atoms with E-state index < -0.39 is 26.5 Å². The Bertz CT molecular complexity index is 7540. The van der Waals surface area contributed by atoms with E-state index in [0.717, 1.165) is 152 Å². The molecule has 0 N–H and O–H groups in total. The minimum absolute atomic E-state index is 0. The van der Waals surface area contributed by atoms with Crippen LogP contribution in [0.4, 0.5) is 0 Å². The molecule has 22 rings (SSSR count). The van der Waals surface area contributed by atoms with Crippen molar-refractivity contribution in [3.8, 4) is 67.8 Å². The van der Waals surface area contributed by atoms with E-state index in [1.54, 1.807) is 8.79 Å². The minimum atomic E-state index is -1.86. The van der Waals surface area contributed by atoms with E-state index in [4.69, 9.17) is 28.8 Å². The van der Waals surface area contributed by atoms with Gasteiger partial charge in [0.25, 0.3) is 0 Å². The Morgan fingerprint density at radius 3 is 1.51 bits per heavy atom. The number of thiophene rings is 1. The van der Waals surface area contributed by atoms with Gasteiger partial charge >= 0.3 is 251 Å². The van der Waals surface area contributed by atoms with Gasteiger partial charge in [-0.25, -0.2) is 0 Å². The first-order valence-corrected chi connectivity index (χ1v) is 57.3. The van der Waals surface area contributed by atoms with Gasteiger partial charge in [-0.2, -0.15) is 11.3 Å². The van der Waals surface area contributed by atoms with Gasteiger partial charge in [0.2, 0.25) is 0 Å². The van der Waals surface area contributed by atoms with Crippen molar-refractivity contribution < 1.29 is 49.0 Å². The van der Waals surface area contributed by atoms with Gasteiger partial charge in [0.05, 0.1) is 50.7 Å². The van der Waals surface area contributed by atoms with Crippen LogP contribution in [-0.2, 0) is 53.1 Å². The molecule has 0 unspecified atom stereocenters. The second kappa shape index (κ2) is 35.4. The average molecular weight is 2090 g/mol. The number of fused-ring (bicyclic) bond motifs is 15. The molecule has 0 fully saturated rings. The molecule has 0 spiro atoms. The van der Waals surface area contributed by atoms with Crippen molar-refractivity contribution in [2.75, 3.05) is 0 Å². The monoisotopic (exact) mass is 2090 g/mol. The number of pyridine rings is 2. The quantitative estimate of drug-likeness (QED) is 0.0844. The van der Waals surface area contributed by atoms with Gasteiger partial charge in [0, 0.05) is 77.4 Å². The number of aromatic nitrogens is 6. The third-order valence-corrected chi connectivity index (χ3v) is 32.6. The summed E-state index contributed by atoms with van der Waals surface area (Å²) in [4.78, 5) is 20.0. The number of furan rings is 2. The molecule has 15 aromatic carbocycles. The number of hydrogen-bond acceptors (Lipinski definition) is 7. The Kier molecular flexibility index (Phi) is 24.1. The van der Waals surface area contributed by atoms with Crippen LogP contribution in [0.2, 0.25) is 34.5 Å². The standard InChI is InChI=1S/C39H23N2S.C35H19N2O2.2C18H24GeN.2Ir/c1-2-10-25(11-3-1)31-21-18-27-13-5-7-15-30(27)38(31)41-34-22-19-26-12-4-6-14-29(26)37(34)40-39(41)28-20-23-36-33(24-28)32-16-8-9-17-35(32)42-36;1-2-9-22-20-30-28(19-21(22)8-1)36-35(23-16-17-33-27(18-23)25-11-4-5-14-31(25)38-33)37(30)29-13-7-12-26-24-10-3-6-15-32(24)39-34(26)29;2*1-14(2)11-16-12-18(15-9-7-6-8-10-15)20-13-17(16)19(3,4)5;;/h1-19,21-24H;1-15,17-20H;2*6-9,12-14H,11H2,1-5H3;;/q4*-1;;. The summed E-state index contributed by atoms with van der Waals surface area (Å²) >= 11 is -1.90. The molecule has 2 radical (unpaired) electrons. The van der Waals surface area contributed by atoms with Crippen molar-refractivity contribution in [2.24, 2.45) is 11.8 Å². The number of nitrogens with zero attached hydrogens (tertiary/aromatic N) is 6. The van der Waals surface area contributed by atoms with Gasteiger partial charge in [0.15, 0.2) is 5.58 Å². The van der Waals surface area contributed by atoms with Crippen LogP contribution in [0.25, 0.3) is 186 Å². The van der Waals surface area contributed by atoms with E-state index in [1.165, 1.54) is 58.6 Å². The van der Waals surface area contributed by atoms with Crippen LogP contribution in [-0.4, -0.2) is 55.6 Å². The molecular formula is C110H90Ge2Ir2N6O2S-4. The zero-order valence-corrected chi connectivity index (χ0v) is 80.1. The van der Waals surface area contributed by atoms with Crippen LogP contribution in [0, 0.1) is 36.1 Å². The van der Waals surface area contributed by atoms with E-state index >= 15 is 0 Å². The van der Waals surface area contributed by atoms with Crippen LogP contribution in [0.3, 0.4) is 0 Å². The molecule has 0 atom stereocenters. The van der Waals surface area contributed by atoms with E-state index in [2.05, 4.69) is 345 Å². The molecule has 7 heterocycles. The van der Waals surface area contributed by atoms with E-state index in [1.807, 2.05) is 90.2 Å². The minimum Gasteiger partial charge on any atom is -0.500 e. The number of benzene rings is 15. The molecule has 8 nitrogen and oxygen atoms in total. The maximum Gasteiger partial charge on any atom is 0.158 e. The molecule has 0 aliphatic heterocycles. The Hall–Kier alpha value is -11.5. The van der Waals surface area contributed by atoms with Crippen LogP contribution >= 0.6 is 11.3 Å². The first-order chi connectivity index (χ1) is 58.9. The van der Waals surface area contributed by atoms with Crippen molar-refractivity contribution in [1.82, 2.24) is 29.1 Å². The maximum atomic E-state index is 6.48. The molecule has 608 valence electrons. The van der Waals surface area contributed by atoms with Crippen LogP contribution < -0.4 is 8.79 Å². The summed E-state index contributed by atoms with van der Waals surface area (Å²) in [6, 6.07) is 124. The second-order valence-electron chi connectivity index (χ2n) is 34.3. The molecule has 22 aromatic rings. The molecule has 0 bridgehead atoms. The van der Waals surface area contributed by atoms with Crippen LogP contribution in [0.5, 0.6) is 0 Å². The van der Waals surface area contributed by atoms with Gasteiger partial charge in [-0.1, -0.05) is 199 Å². The Morgan fingerprint density at radius 2 is 0.886 bits per heavy atom. The third-order valence-electron chi connectivity index (χ3n) is 22.8. The number of rotatable bonds is 13. The molecule has 123 heavy (non-hydrogen) atoms. The van der Waals surface area contributed by atoms with Crippen molar-refractivity contribution >= 4 is 165 Å². The predicted molar refractivity (Wildman–Crippen MR) is 516 cm³/mol. The molecule has 0 amide bonds. The van der Waals surface area contributed by atoms with E-state index in [0.29, 0.717) is 11.8 Å². The van der Waals surface area contributed by atoms with Crippen LogP contribution in [0.15, 0.2) is 337 Å². The maximum absolute atomic E-state index is 6.48. The van der Waals surface area contributed by atoms with Crippen molar-refractivity contribution in [3.05, 3.63) is 363 Å². The molecule has 13 heteroatoms. The van der Waals surface area contributed by atoms with E-state index in [-0.39, 0.29) is 40.2 Å². The number of para-hydroxylation sites is 3. The van der Waals surface area contributed by atoms with Gasteiger partial charge in [0.1, 0.15) is 11.2 Å². The molecule has 0 saturated heterocycles. The first kappa shape index (κ1) is 83.8. The smallest absolute Gasteiger partial charge is 0.158 e. The fraction of sp³-hybridized carbons (Fsp3) is 0.127. The Balaban J connectivity index is 0.000000122. The second-order valence-corrected chi connectivity index (χ2v) is 56.6. The molecular weight excluding hydrogens is 2000 g/mol. The normalized spacial score (nSPS) is 11.7. The summed E-state index contributed by atoms with van der Waals surface area (Å²) < 4.78 is 22.8. The number of hydrogen-bond donors (Lipinski definition) is 0. The SMILES string of the molecule is CC(C)Cc1cc(-c2[c-]cccc2)nc[c]1[Ge]([CH3])([CH3])[CH3].CC(C)Cc1cc(-c2[c-]cccc2)nc[c]1[Ge]([CH3])([CH3])[CH3].[Ir].[Ir].[c-]1cc2oc3ccccc3c2cc1-c1nc2cc3ccccc3cc2n1-c1cccc2c1oc1ccccc12.[c-]1cc2sc3ccccc3c2cc1-c1nc2c3ccccc3ccc2n1-c1c(-c2ccccc2)ccc2ccccc12. The zero-order chi connectivity index (χ0) is 82.6. The topological polar surface area (TPSA) is 87.7 Å². The first-order valence-electron chi connectivity index (χ1n) is 41.8. The zero-order valence-electron chi connectivity index (χ0n) is 70.3. The number of imidazole rings is 2. The van der Waals surface area contributed by atoms with Gasteiger partial charge in [-0.15, -0.1) is 47.5 Å². The fourth-order valence-electron chi connectivity index (χ4n) is 17.2. The summed E-state index contributed by atoms with van der Waals surface area (Å²) in [5, 5.41) is 13.9.